The topological polar surface area (TPSA) is 41.1 Å². The zero-order valence-corrected chi connectivity index (χ0v) is 13.9. The molecule has 1 heterocycles. The average Bonchev–Trinajstić information content (AvgIpc) is 2.69. The van der Waals surface area contributed by atoms with Gasteiger partial charge in [0.15, 0.2) is 0 Å². The molecule has 2 rings (SSSR count). The van der Waals surface area contributed by atoms with E-state index in [-0.39, 0.29) is 24.4 Å². The predicted octanol–water partition coefficient (Wildman–Crippen LogP) is 2.92. The van der Waals surface area contributed by atoms with Crippen LogP contribution in [0.4, 0.5) is 8.78 Å². The SMILES string of the molecule is CC(Cc1cccc(Br)c1)NC(=O)C1CC(F)(F)CN1.Cl. The second-order valence-corrected chi connectivity index (χ2v) is 6.15. The normalized spacial score (nSPS) is 21.4. The van der Waals surface area contributed by atoms with Gasteiger partial charge in [0, 0.05) is 16.9 Å². The third-order valence-electron chi connectivity index (χ3n) is 3.25. The molecule has 1 aliphatic heterocycles. The van der Waals surface area contributed by atoms with Crippen LogP contribution in [0.25, 0.3) is 0 Å². The lowest BCUT2D eigenvalue weighted by Crippen LogP contribution is -2.44. The summed E-state index contributed by atoms with van der Waals surface area (Å²) < 4.78 is 27.0. The van der Waals surface area contributed by atoms with Crippen LogP contribution in [0.2, 0.25) is 0 Å². The number of amides is 1. The Labute approximate surface area is 137 Å². The first-order chi connectivity index (χ1) is 9.35. The van der Waals surface area contributed by atoms with Gasteiger partial charge in [-0.15, -0.1) is 12.4 Å². The van der Waals surface area contributed by atoms with Crippen molar-refractivity contribution in [2.75, 3.05) is 6.54 Å². The summed E-state index contributed by atoms with van der Waals surface area (Å²) in [5, 5.41) is 5.33. The van der Waals surface area contributed by atoms with Gasteiger partial charge in [-0.1, -0.05) is 28.1 Å². The molecule has 0 saturated carbocycles. The third kappa shape index (κ3) is 5.52. The largest absolute Gasteiger partial charge is 0.352 e. The molecule has 21 heavy (non-hydrogen) atoms. The summed E-state index contributed by atoms with van der Waals surface area (Å²) in [6, 6.07) is 6.90. The minimum Gasteiger partial charge on any atom is -0.352 e. The molecule has 1 aromatic rings. The van der Waals surface area contributed by atoms with Gasteiger partial charge < -0.3 is 5.32 Å². The Morgan fingerprint density at radius 2 is 2.29 bits per heavy atom. The lowest BCUT2D eigenvalue weighted by atomic mass is 10.1. The van der Waals surface area contributed by atoms with Crippen molar-refractivity contribution >= 4 is 34.2 Å². The minimum absolute atomic E-state index is 0. The van der Waals surface area contributed by atoms with E-state index in [0.29, 0.717) is 6.42 Å². The van der Waals surface area contributed by atoms with Gasteiger partial charge in [0.05, 0.1) is 12.6 Å². The standard InChI is InChI=1S/C14H17BrF2N2O.ClH/c1-9(5-10-3-2-4-11(15)6-10)19-13(20)12-7-14(16,17)8-18-12;/h2-4,6,9,12,18H,5,7-8H2,1H3,(H,19,20);1H. The van der Waals surface area contributed by atoms with Crippen LogP contribution in [0.5, 0.6) is 0 Å². The van der Waals surface area contributed by atoms with Crippen molar-refractivity contribution in [3.63, 3.8) is 0 Å². The number of halogens is 4. The van der Waals surface area contributed by atoms with Crippen molar-refractivity contribution < 1.29 is 13.6 Å². The zero-order valence-electron chi connectivity index (χ0n) is 11.5. The van der Waals surface area contributed by atoms with Crippen molar-refractivity contribution in [3.8, 4) is 0 Å². The van der Waals surface area contributed by atoms with Crippen LogP contribution in [0.3, 0.4) is 0 Å². The number of carbonyl (C=O) groups is 1. The molecule has 0 bridgehead atoms. The highest BCUT2D eigenvalue weighted by Crippen LogP contribution is 2.25. The van der Waals surface area contributed by atoms with Crippen LogP contribution >= 0.6 is 28.3 Å². The van der Waals surface area contributed by atoms with Gasteiger partial charge >= 0.3 is 0 Å². The smallest absolute Gasteiger partial charge is 0.262 e. The number of alkyl halides is 2. The van der Waals surface area contributed by atoms with E-state index >= 15 is 0 Å². The van der Waals surface area contributed by atoms with Crippen LogP contribution in [0.15, 0.2) is 28.7 Å². The van der Waals surface area contributed by atoms with Crippen molar-refractivity contribution in [1.82, 2.24) is 10.6 Å². The molecule has 1 saturated heterocycles. The van der Waals surface area contributed by atoms with Crippen molar-refractivity contribution in [3.05, 3.63) is 34.3 Å². The molecule has 0 aromatic heterocycles. The molecular formula is C14H18BrClF2N2O. The molecule has 3 nitrogen and oxygen atoms in total. The highest BCUT2D eigenvalue weighted by Gasteiger charge is 2.42. The second-order valence-electron chi connectivity index (χ2n) is 5.24. The van der Waals surface area contributed by atoms with Crippen LogP contribution < -0.4 is 10.6 Å². The molecule has 2 N–H and O–H groups in total. The fourth-order valence-electron chi connectivity index (χ4n) is 2.31. The summed E-state index contributed by atoms with van der Waals surface area (Å²) >= 11 is 3.39. The van der Waals surface area contributed by atoms with E-state index in [9.17, 15) is 13.6 Å². The van der Waals surface area contributed by atoms with Crippen molar-refractivity contribution in [1.29, 1.82) is 0 Å². The van der Waals surface area contributed by atoms with Gasteiger partial charge in [0.2, 0.25) is 5.91 Å². The lowest BCUT2D eigenvalue weighted by molar-refractivity contribution is -0.124. The fourth-order valence-corrected chi connectivity index (χ4v) is 2.76. The monoisotopic (exact) mass is 382 g/mol. The summed E-state index contributed by atoms with van der Waals surface area (Å²) in [6.07, 6.45) is 0.233. The van der Waals surface area contributed by atoms with E-state index in [4.69, 9.17) is 0 Å². The lowest BCUT2D eigenvalue weighted by Gasteiger charge is -2.17. The number of benzene rings is 1. The zero-order chi connectivity index (χ0) is 14.8. The maximum Gasteiger partial charge on any atom is 0.262 e. The van der Waals surface area contributed by atoms with Crippen LogP contribution in [0.1, 0.15) is 18.9 Å². The molecule has 7 heteroatoms. The first kappa shape index (κ1) is 18.3. The summed E-state index contributed by atoms with van der Waals surface area (Å²) in [7, 11) is 0. The molecule has 2 unspecified atom stereocenters. The number of nitrogens with one attached hydrogen (secondary N) is 2. The molecule has 0 spiro atoms. The summed E-state index contributed by atoms with van der Waals surface area (Å²) in [4.78, 5) is 11.9. The Hall–Kier alpha value is -0.720. The van der Waals surface area contributed by atoms with Crippen molar-refractivity contribution in [2.24, 2.45) is 0 Å². The molecular weight excluding hydrogens is 366 g/mol. The first-order valence-electron chi connectivity index (χ1n) is 6.52. The van der Waals surface area contributed by atoms with Gasteiger partial charge in [0.1, 0.15) is 0 Å². The van der Waals surface area contributed by atoms with Gasteiger partial charge in [-0.2, -0.15) is 0 Å². The van der Waals surface area contributed by atoms with Gasteiger partial charge in [0.25, 0.3) is 5.92 Å². The van der Waals surface area contributed by atoms with Gasteiger partial charge in [-0.05, 0) is 31.0 Å². The number of carbonyl (C=O) groups excluding carboxylic acids is 1. The molecule has 1 aromatic carbocycles. The van der Waals surface area contributed by atoms with E-state index < -0.39 is 24.9 Å². The molecule has 1 amide bonds. The summed E-state index contributed by atoms with van der Waals surface area (Å²) in [5.41, 5.74) is 1.08. The molecule has 0 aliphatic carbocycles. The Morgan fingerprint density at radius 1 is 1.57 bits per heavy atom. The van der Waals surface area contributed by atoms with E-state index in [0.717, 1.165) is 10.0 Å². The van der Waals surface area contributed by atoms with E-state index in [1.54, 1.807) is 0 Å². The summed E-state index contributed by atoms with van der Waals surface area (Å²) in [5.74, 6) is -3.14. The van der Waals surface area contributed by atoms with Gasteiger partial charge in [-0.3, -0.25) is 10.1 Å². The maximum absolute atomic E-state index is 13.0. The Morgan fingerprint density at radius 3 is 2.86 bits per heavy atom. The second kappa shape index (κ2) is 7.51. The molecule has 0 radical (unpaired) electrons. The Balaban J connectivity index is 0.00000220. The Kier molecular flexibility index (Phi) is 6.56. The van der Waals surface area contributed by atoms with E-state index in [1.165, 1.54) is 0 Å². The number of hydrogen-bond donors (Lipinski definition) is 2. The Bertz CT molecular complexity index is 502. The van der Waals surface area contributed by atoms with E-state index in [1.807, 2.05) is 31.2 Å². The average molecular weight is 384 g/mol. The highest BCUT2D eigenvalue weighted by atomic mass is 79.9. The van der Waals surface area contributed by atoms with Crippen LogP contribution in [-0.2, 0) is 11.2 Å². The van der Waals surface area contributed by atoms with Gasteiger partial charge in [-0.25, -0.2) is 8.78 Å². The fraction of sp³-hybridized carbons (Fsp3) is 0.500. The molecule has 118 valence electrons. The molecule has 2 atom stereocenters. The van der Waals surface area contributed by atoms with E-state index in [2.05, 4.69) is 26.6 Å². The predicted molar refractivity (Wildman–Crippen MR) is 84.1 cm³/mol. The number of rotatable bonds is 4. The minimum atomic E-state index is -2.78. The third-order valence-corrected chi connectivity index (χ3v) is 3.74. The maximum atomic E-state index is 13.0. The quantitative estimate of drug-likeness (QED) is 0.839. The first-order valence-corrected chi connectivity index (χ1v) is 7.31. The molecule has 1 fully saturated rings. The highest BCUT2D eigenvalue weighted by molar-refractivity contribution is 9.10. The van der Waals surface area contributed by atoms with Crippen LogP contribution in [-0.4, -0.2) is 30.5 Å². The summed E-state index contributed by atoms with van der Waals surface area (Å²) in [6.45, 7) is 1.44. The van der Waals surface area contributed by atoms with Crippen LogP contribution in [0, 0.1) is 0 Å². The van der Waals surface area contributed by atoms with Crippen molar-refractivity contribution in [2.45, 2.75) is 37.8 Å². The number of hydrogen-bond acceptors (Lipinski definition) is 2. The molecule has 1 aliphatic rings.